The average molecular weight is 556 g/mol. The second-order valence-corrected chi connectivity index (χ2v) is 9.06. The molecule has 0 saturated carbocycles. The zero-order valence-corrected chi connectivity index (χ0v) is 21.7. The number of carbonyl (C=O) groups excluding carboxylic acids is 4. The Morgan fingerprint density at radius 1 is 0.641 bits per heavy atom. The van der Waals surface area contributed by atoms with Crippen molar-refractivity contribution in [1.82, 2.24) is 16.0 Å². The van der Waals surface area contributed by atoms with Crippen molar-refractivity contribution in [3.05, 3.63) is 36.5 Å². The van der Waals surface area contributed by atoms with Crippen molar-refractivity contribution in [1.29, 1.82) is 0 Å². The summed E-state index contributed by atoms with van der Waals surface area (Å²) in [5.74, 6) is -7.18. The molecule has 0 aromatic heterocycles. The Balaban J connectivity index is 5.80. The Hall–Kier alpha value is -4.53. The molecule has 15 heteroatoms. The van der Waals surface area contributed by atoms with E-state index in [0.717, 1.165) is 18.2 Å². The van der Waals surface area contributed by atoms with Crippen LogP contribution in [-0.2, 0) is 43.0 Å². The average Bonchev–Trinajstić information content (AvgIpc) is 2.82. The maximum atomic E-state index is 12.1. The van der Waals surface area contributed by atoms with E-state index in [1.807, 2.05) is 0 Å². The summed E-state index contributed by atoms with van der Waals surface area (Å²) >= 11 is 0. The lowest BCUT2D eigenvalue weighted by Gasteiger charge is -2.34. The highest BCUT2D eigenvalue weighted by molar-refractivity contribution is 5.95. The van der Waals surface area contributed by atoms with E-state index in [4.69, 9.17) is 24.8 Å². The van der Waals surface area contributed by atoms with Crippen LogP contribution in [-0.4, -0.2) is 95.4 Å². The van der Waals surface area contributed by atoms with Crippen molar-refractivity contribution in [3.63, 3.8) is 0 Å². The summed E-state index contributed by atoms with van der Waals surface area (Å²) in [6.07, 6.45) is 3.82. The lowest BCUT2D eigenvalue weighted by atomic mass is 9.88. The molecule has 0 saturated heterocycles. The van der Waals surface area contributed by atoms with Crippen LogP contribution in [0.25, 0.3) is 0 Å². The number of esters is 1. The first kappa shape index (κ1) is 34.5. The number of aliphatic carboxylic acids is 3. The predicted molar refractivity (Wildman–Crippen MR) is 133 cm³/mol. The number of carboxylic acid groups (broad SMARTS) is 3. The molecule has 0 atom stereocenters. The normalized spacial score (nSPS) is 11.9. The van der Waals surface area contributed by atoms with Crippen molar-refractivity contribution in [2.75, 3.05) is 32.8 Å². The molecular weight excluding hydrogens is 522 g/mol. The van der Waals surface area contributed by atoms with Crippen molar-refractivity contribution in [3.8, 4) is 0 Å². The topological polar surface area (TPSA) is 235 Å². The van der Waals surface area contributed by atoms with Crippen LogP contribution in [0.4, 0.5) is 0 Å². The lowest BCUT2D eigenvalue weighted by molar-refractivity contribution is -0.156. The molecular formula is C24H33N3O12. The molecule has 15 nitrogen and oxygen atoms in total. The summed E-state index contributed by atoms with van der Waals surface area (Å²) in [6, 6.07) is 0. The van der Waals surface area contributed by atoms with E-state index < -0.39 is 52.6 Å². The molecule has 0 rings (SSSR count). The highest BCUT2D eigenvalue weighted by Crippen LogP contribution is 2.17. The minimum atomic E-state index is -1.38. The Kier molecular flexibility index (Phi) is 15.1. The van der Waals surface area contributed by atoms with Gasteiger partial charge in [0.25, 0.3) is 0 Å². The number of carboxylic acids is 3. The van der Waals surface area contributed by atoms with Crippen LogP contribution in [0.2, 0.25) is 0 Å². The van der Waals surface area contributed by atoms with Gasteiger partial charge in [-0.15, -0.1) is 0 Å². The van der Waals surface area contributed by atoms with Gasteiger partial charge >= 0.3 is 23.9 Å². The predicted octanol–water partition coefficient (Wildman–Crippen LogP) is -1.01. The van der Waals surface area contributed by atoms with E-state index in [1.165, 1.54) is 0 Å². The maximum absolute atomic E-state index is 12.1. The summed E-state index contributed by atoms with van der Waals surface area (Å²) in [6.45, 7) is 3.67. The number of amides is 3. The monoisotopic (exact) mass is 555 g/mol. The molecule has 0 radical (unpaired) electrons. The molecule has 216 valence electrons. The lowest BCUT2D eigenvalue weighted by Crippen LogP contribution is -2.54. The minimum absolute atomic E-state index is 0.150. The fraction of sp³-hybridized carbons (Fsp3) is 0.458. The van der Waals surface area contributed by atoms with Crippen molar-refractivity contribution < 1.29 is 58.4 Å². The van der Waals surface area contributed by atoms with Gasteiger partial charge < -0.3 is 40.7 Å². The van der Waals surface area contributed by atoms with E-state index in [9.17, 15) is 33.6 Å². The van der Waals surface area contributed by atoms with E-state index in [-0.39, 0.29) is 39.3 Å². The number of carbonyl (C=O) groups is 7. The molecule has 0 spiro atoms. The van der Waals surface area contributed by atoms with Gasteiger partial charge in [-0.1, -0.05) is 0 Å². The fourth-order valence-corrected chi connectivity index (χ4v) is 2.62. The molecule has 39 heavy (non-hydrogen) atoms. The zero-order chi connectivity index (χ0) is 30.1. The first-order chi connectivity index (χ1) is 18.0. The van der Waals surface area contributed by atoms with Gasteiger partial charge in [0.05, 0.1) is 19.6 Å². The third-order valence-corrected chi connectivity index (χ3v) is 4.32. The smallest absolute Gasteiger partial charge is 0.328 e. The maximum Gasteiger partial charge on any atom is 0.328 e. The second-order valence-electron chi connectivity index (χ2n) is 9.06. The van der Waals surface area contributed by atoms with Crippen LogP contribution in [0.1, 0.15) is 27.2 Å². The molecule has 0 aromatic carbocycles. The molecule has 0 bridgehead atoms. The third kappa shape index (κ3) is 19.3. The molecule has 0 aliphatic carbocycles. The number of ether oxygens (including phenoxy) is 2. The van der Waals surface area contributed by atoms with Gasteiger partial charge in [-0.3, -0.25) is 19.2 Å². The van der Waals surface area contributed by atoms with Crippen molar-refractivity contribution in [2.45, 2.75) is 32.8 Å². The minimum Gasteiger partial charge on any atom is -0.478 e. The molecule has 6 N–H and O–H groups in total. The van der Waals surface area contributed by atoms with Crippen LogP contribution in [0, 0.1) is 5.41 Å². The third-order valence-electron chi connectivity index (χ3n) is 4.32. The Morgan fingerprint density at radius 3 is 1.31 bits per heavy atom. The summed E-state index contributed by atoms with van der Waals surface area (Å²) in [7, 11) is 0. The molecule has 0 heterocycles. The first-order valence-corrected chi connectivity index (χ1v) is 11.4. The zero-order valence-electron chi connectivity index (χ0n) is 21.7. The first-order valence-electron chi connectivity index (χ1n) is 11.4. The van der Waals surface area contributed by atoms with E-state index >= 15 is 0 Å². The van der Waals surface area contributed by atoms with Gasteiger partial charge in [-0.2, -0.15) is 0 Å². The second kappa shape index (κ2) is 17.1. The van der Waals surface area contributed by atoms with E-state index in [2.05, 4.69) is 16.0 Å². The molecule has 0 aromatic rings. The van der Waals surface area contributed by atoms with Gasteiger partial charge in [0.15, 0.2) is 0 Å². The number of nitrogens with one attached hydrogen (secondary N) is 3. The van der Waals surface area contributed by atoms with Crippen LogP contribution in [0.5, 0.6) is 0 Å². The van der Waals surface area contributed by atoms with Gasteiger partial charge in [-0.25, -0.2) is 14.4 Å². The van der Waals surface area contributed by atoms with Gasteiger partial charge in [-0.05, 0) is 20.8 Å². The Morgan fingerprint density at radius 2 is 1.00 bits per heavy atom. The van der Waals surface area contributed by atoms with Gasteiger partial charge in [0.1, 0.15) is 5.60 Å². The number of hydrogen-bond acceptors (Lipinski definition) is 9. The fourth-order valence-electron chi connectivity index (χ4n) is 2.62. The Bertz CT molecular complexity index is 910. The van der Waals surface area contributed by atoms with Gasteiger partial charge in [0, 0.05) is 61.5 Å². The number of rotatable bonds is 17. The summed E-state index contributed by atoms with van der Waals surface area (Å²) in [4.78, 5) is 80.3. The van der Waals surface area contributed by atoms with Crippen LogP contribution in [0.15, 0.2) is 36.5 Å². The number of hydrogen-bond donors (Lipinski definition) is 6. The quantitative estimate of drug-likeness (QED) is 0.0720. The summed E-state index contributed by atoms with van der Waals surface area (Å²) < 4.78 is 10.8. The molecule has 0 aliphatic heterocycles. The Labute approximate surface area is 223 Å². The molecule has 0 fully saturated rings. The van der Waals surface area contributed by atoms with E-state index in [1.54, 1.807) is 20.8 Å². The highest BCUT2D eigenvalue weighted by Gasteiger charge is 2.32. The standard InChI is InChI=1S/C24H33N3O12/c1-23(2,3)39-22(37)10-11-38-15-24(12-25-16(28)4-7-19(31)32,13-26-17(29)5-8-20(33)34)14-27-18(30)6-9-21(35)36/h4-9H,10-15H2,1-3H3,(H,25,28)(H,26,29)(H,27,30)(H,31,32)(H,33,34)(H,35,36)/b7-4-,8-5-,9-6-. The highest BCUT2D eigenvalue weighted by atomic mass is 16.6. The molecule has 3 amide bonds. The molecule has 0 unspecified atom stereocenters. The largest absolute Gasteiger partial charge is 0.478 e. The van der Waals surface area contributed by atoms with Gasteiger partial charge in [0.2, 0.25) is 17.7 Å². The SMILES string of the molecule is CC(C)(C)OC(=O)CCOCC(CNC(=O)/C=C\C(=O)O)(CNC(=O)/C=C\C(=O)O)CNC(=O)/C=C\C(=O)O. The molecule has 0 aliphatic rings. The summed E-state index contributed by atoms with van der Waals surface area (Å²) in [5.41, 5.74) is -2.06. The van der Waals surface area contributed by atoms with Crippen LogP contribution >= 0.6 is 0 Å². The van der Waals surface area contributed by atoms with E-state index in [0.29, 0.717) is 18.2 Å². The van der Waals surface area contributed by atoms with Crippen molar-refractivity contribution in [2.24, 2.45) is 5.41 Å². The van der Waals surface area contributed by atoms with Crippen LogP contribution in [0.3, 0.4) is 0 Å². The van der Waals surface area contributed by atoms with Crippen LogP contribution < -0.4 is 16.0 Å². The summed E-state index contributed by atoms with van der Waals surface area (Å²) in [5, 5.41) is 33.4. The van der Waals surface area contributed by atoms with Crippen molar-refractivity contribution >= 4 is 41.6 Å².